The summed E-state index contributed by atoms with van der Waals surface area (Å²) in [6.45, 7) is 9.60. The van der Waals surface area contributed by atoms with Gasteiger partial charge in [0.2, 0.25) is 0 Å². The molecule has 0 saturated carbocycles. The summed E-state index contributed by atoms with van der Waals surface area (Å²) in [5, 5.41) is 5.60. The Balaban J connectivity index is 1.49. The normalized spacial score (nSPS) is 16.5. The van der Waals surface area contributed by atoms with Crippen molar-refractivity contribution in [2.45, 2.75) is 38.5 Å². The van der Waals surface area contributed by atoms with Crippen LogP contribution in [0.15, 0.2) is 91.0 Å². The number of hydrogen-bond acceptors (Lipinski definition) is 0. The van der Waals surface area contributed by atoms with Gasteiger partial charge in [-0.05, 0) is 56.6 Å². The third kappa shape index (κ3) is 2.05. The van der Waals surface area contributed by atoms with Gasteiger partial charge in [-0.3, -0.25) is 0 Å². The van der Waals surface area contributed by atoms with E-state index < -0.39 is 0 Å². The molecule has 0 saturated heterocycles. The second kappa shape index (κ2) is 6.06. The van der Waals surface area contributed by atoms with Gasteiger partial charge in [-0.15, -0.1) is 0 Å². The first-order valence-electron chi connectivity index (χ1n) is 13.4. The van der Waals surface area contributed by atoms with Crippen LogP contribution < -0.4 is 0 Å². The topological polar surface area (TPSA) is 4.41 Å². The van der Waals surface area contributed by atoms with Crippen molar-refractivity contribution in [3.63, 3.8) is 0 Å². The predicted molar refractivity (Wildman–Crippen MR) is 156 cm³/mol. The minimum absolute atomic E-state index is 0.0375. The monoisotopic (exact) mass is 473 g/mol. The quantitative estimate of drug-likeness (QED) is 0.207. The number of benzene rings is 5. The Morgan fingerprint density at radius 3 is 1.41 bits per heavy atom. The van der Waals surface area contributed by atoms with E-state index in [9.17, 15) is 0 Å². The molecule has 0 unspecified atom stereocenters. The summed E-state index contributed by atoms with van der Waals surface area (Å²) in [6, 6.07) is 34.4. The highest BCUT2D eigenvalue weighted by Gasteiger charge is 2.40. The average molecular weight is 474 g/mol. The number of para-hydroxylation sites is 1. The smallest absolute Gasteiger partial charge is 0.0620 e. The van der Waals surface area contributed by atoms with Crippen molar-refractivity contribution >= 4 is 38.1 Å². The molecule has 0 fully saturated rings. The average Bonchev–Trinajstić information content (AvgIpc) is 3.57. The molecule has 2 aromatic heterocycles. The second-order valence-electron chi connectivity index (χ2n) is 12.1. The molecule has 2 heterocycles. The summed E-state index contributed by atoms with van der Waals surface area (Å²) in [4.78, 5) is 0. The van der Waals surface area contributed by atoms with E-state index in [2.05, 4.69) is 123 Å². The first-order chi connectivity index (χ1) is 17.9. The Labute approximate surface area is 216 Å². The van der Waals surface area contributed by atoms with Crippen LogP contribution in [0.4, 0.5) is 0 Å². The van der Waals surface area contributed by atoms with Gasteiger partial charge in [-0.2, -0.15) is 0 Å². The van der Waals surface area contributed by atoms with Gasteiger partial charge in [0.1, 0.15) is 0 Å². The van der Waals surface area contributed by atoms with Gasteiger partial charge < -0.3 is 4.40 Å². The van der Waals surface area contributed by atoms with Gasteiger partial charge in [0.25, 0.3) is 0 Å². The minimum Gasteiger partial charge on any atom is -0.308 e. The van der Waals surface area contributed by atoms with Crippen LogP contribution >= 0.6 is 0 Å². The molecule has 0 radical (unpaired) electrons. The number of fused-ring (bicyclic) bond motifs is 14. The van der Waals surface area contributed by atoms with E-state index in [1.165, 1.54) is 82.6 Å². The van der Waals surface area contributed by atoms with Crippen molar-refractivity contribution in [2.75, 3.05) is 0 Å². The molecule has 1 heteroatoms. The fourth-order valence-electron chi connectivity index (χ4n) is 8.20. The molecule has 0 bridgehead atoms. The van der Waals surface area contributed by atoms with Crippen molar-refractivity contribution in [2.24, 2.45) is 0 Å². The molecular formula is C36H27N. The van der Waals surface area contributed by atoms with E-state index in [0.717, 1.165) is 0 Å². The minimum atomic E-state index is -0.0375. The van der Waals surface area contributed by atoms with Crippen LogP contribution in [0.1, 0.15) is 49.9 Å². The zero-order valence-corrected chi connectivity index (χ0v) is 21.6. The first-order valence-corrected chi connectivity index (χ1v) is 13.4. The fraction of sp³-hybridized carbons (Fsp3) is 0.167. The van der Waals surface area contributed by atoms with E-state index in [1.807, 2.05) is 0 Å². The third-order valence-electron chi connectivity index (χ3n) is 9.68. The molecule has 0 spiro atoms. The molecule has 176 valence electrons. The zero-order valence-electron chi connectivity index (χ0n) is 21.6. The number of aromatic nitrogens is 1. The van der Waals surface area contributed by atoms with Gasteiger partial charge in [0.15, 0.2) is 0 Å². The Morgan fingerprint density at radius 1 is 0.459 bits per heavy atom. The first kappa shape index (κ1) is 20.0. The van der Waals surface area contributed by atoms with Crippen LogP contribution in [0.2, 0.25) is 0 Å². The Hall–Kier alpha value is -4.10. The maximum atomic E-state index is 2.56. The molecular weight excluding hydrogens is 446 g/mol. The molecule has 37 heavy (non-hydrogen) atoms. The number of nitrogens with zero attached hydrogens (tertiary/aromatic N) is 1. The zero-order chi connectivity index (χ0) is 24.8. The van der Waals surface area contributed by atoms with Crippen molar-refractivity contribution in [1.82, 2.24) is 4.40 Å². The lowest BCUT2D eigenvalue weighted by atomic mass is 9.80. The molecule has 0 amide bonds. The lowest BCUT2D eigenvalue weighted by Gasteiger charge is -2.23. The summed E-state index contributed by atoms with van der Waals surface area (Å²) in [6.07, 6.45) is 0. The predicted octanol–water partition coefficient (Wildman–Crippen LogP) is 9.45. The lowest BCUT2D eigenvalue weighted by molar-refractivity contribution is 0.666. The van der Waals surface area contributed by atoms with Crippen LogP contribution in [-0.2, 0) is 10.8 Å². The maximum Gasteiger partial charge on any atom is 0.0620 e. The molecule has 1 nitrogen and oxygen atoms in total. The number of rotatable bonds is 0. The lowest BCUT2D eigenvalue weighted by Crippen LogP contribution is -2.15. The SMILES string of the molecule is CC1(C)c2ccccc2-c2ccc3c(c21)c1cccc2c4c5c(ccc4n3c12)-c1ccccc1C5(C)C. The van der Waals surface area contributed by atoms with Gasteiger partial charge >= 0.3 is 0 Å². The third-order valence-corrected chi connectivity index (χ3v) is 9.68. The van der Waals surface area contributed by atoms with Crippen molar-refractivity contribution in [3.05, 3.63) is 113 Å². The van der Waals surface area contributed by atoms with Crippen LogP contribution in [0, 0.1) is 0 Å². The summed E-state index contributed by atoms with van der Waals surface area (Å²) in [7, 11) is 0. The Bertz CT molecular complexity index is 1990. The van der Waals surface area contributed by atoms with E-state index >= 15 is 0 Å². The van der Waals surface area contributed by atoms with Crippen LogP contribution in [0.3, 0.4) is 0 Å². The summed E-state index contributed by atoms with van der Waals surface area (Å²) >= 11 is 0. The van der Waals surface area contributed by atoms with Crippen molar-refractivity contribution in [3.8, 4) is 22.3 Å². The van der Waals surface area contributed by atoms with Crippen LogP contribution in [0.25, 0.3) is 60.3 Å². The van der Waals surface area contributed by atoms with Gasteiger partial charge in [0.05, 0.1) is 16.6 Å². The maximum absolute atomic E-state index is 2.56. The molecule has 0 atom stereocenters. The number of hydrogen-bond donors (Lipinski definition) is 0. The van der Waals surface area contributed by atoms with E-state index in [1.54, 1.807) is 0 Å². The summed E-state index contributed by atoms with van der Waals surface area (Å²) in [5.41, 5.74) is 15.3. The van der Waals surface area contributed by atoms with E-state index in [4.69, 9.17) is 0 Å². The van der Waals surface area contributed by atoms with Gasteiger partial charge in [-0.25, -0.2) is 0 Å². The standard InChI is InChI=1S/C36H27N/c1-35(2)26-14-7-5-10-20(26)22-16-18-28-30(32(22)35)24-12-9-13-25-31-29(37(28)34(24)25)19-17-23-21-11-6-8-15-27(21)36(3,4)33(23)31/h5-19H,1-4H3. The highest BCUT2D eigenvalue weighted by atomic mass is 14.9. The highest BCUT2D eigenvalue weighted by molar-refractivity contribution is 6.26. The van der Waals surface area contributed by atoms with Crippen LogP contribution in [0.5, 0.6) is 0 Å². The molecule has 9 rings (SSSR count). The summed E-state index contributed by atoms with van der Waals surface area (Å²) < 4.78 is 2.56. The Morgan fingerprint density at radius 2 is 0.919 bits per heavy atom. The van der Waals surface area contributed by atoms with E-state index in [0.29, 0.717) is 0 Å². The molecule has 0 N–H and O–H groups in total. The van der Waals surface area contributed by atoms with Gasteiger partial charge in [-0.1, -0.05) is 107 Å². The Kier molecular flexibility index (Phi) is 3.28. The van der Waals surface area contributed by atoms with Crippen LogP contribution in [-0.4, -0.2) is 4.40 Å². The second-order valence-corrected chi connectivity index (χ2v) is 12.1. The summed E-state index contributed by atoms with van der Waals surface area (Å²) in [5.74, 6) is 0. The highest BCUT2D eigenvalue weighted by Crippen LogP contribution is 2.56. The van der Waals surface area contributed by atoms with Crippen molar-refractivity contribution < 1.29 is 0 Å². The van der Waals surface area contributed by atoms with E-state index in [-0.39, 0.29) is 10.8 Å². The molecule has 0 aliphatic heterocycles. The van der Waals surface area contributed by atoms with Gasteiger partial charge in [0, 0.05) is 32.4 Å². The molecule has 7 aromatic rings. The molecule has 2 aliphatic carbocycles. The van der Waals surface area contributed by atoms with Crippen molar-refractivity contribution in [1.29, 1.82) is 0 Å². The molecule has 2 aliphatic rings. The fourth-order valence-corrected chi connectivity index (χ4v) is 8.20. The largest absolute Gasteiger partial charge is 0.308 e. The molecule has 5 aromatic carbocycles.